The Morgan fingerprint density at radius 3 is 2.53 bits per heavy atom. The van der Waals surface area contributed by atoms with Crippen LogP contribution in [0.15, 0.2) is 18.2 Å². The number of hydrogen-bond donors (Lipinski definition) is 2. The molecule has 7 nitrogen and oxygen atoms in total. The van der Waals surface area contributed by atoms with Crippen molar-refractivity contribution in [2.24, 2.45) is 0 Å². The van der Waals surface area contributed by atoms with Gasteiger partial charge in [0.15, 0.2) is 0 Å². The lowest BCUT2D eigenvalue weighted by molar-refractivity contribution is -0.125. The fourth-order valence-corrected chi connectivity index (χ4v) is 4.27. The third kappa shape index (κ3) is 6.15. The maximum Gasteiger partial charge on any atom is 0.321 e. The number of nitrogens with zero attached hydrogens (tertiary/aromatic N) is 2. The highest BCUT2D eigenvalue weighted by Gasteiger charge is 2.27. The average molecular weight is 421 g/mol. The topological polar surface area (TPSA) is 73.9 Å². The molecule has 0 bridgehead atoms. The van der Waals surface area contributed by atoms with Crippen molar-refractivity contribution in [3.8, 4) is 5.75 Å². The Labute approximate surface area is 177 Å². The Balaban J connectivity index is 1.44. The maximum absolute atomic E-state index is 13.6. The van der Waals surface area contributed by atoms with Crippen molar-refractivity contribution >= 4 is 11.9 Å². The smallest absolute Gasteiger partial charge is 0.321 e. The van der Waals surface area contributed by atoms with Gasteiger partial charge >= 0.3 is 6.03 Å². The number of nitrogens with one attached hydrogen (secondary N) is 2. The molecule has 2 aliphatic rings. The maximum atomic E-state index is 13.6. The average Bonchev–Trinajstić information content (AvgIpc) is 2.74. The van der Waals surface area contributed by atoms with Crippen LogP contribution in [0.2, 0.25) is 0 Å². The second-order valence-corrected chi connectivity index (χ2v) is 8.24. The number of ether oxygens (including phenoxy) is 1. The van der Waals surface area contributed by atoms with Gasteiger partial charge in [-0.1, -0.05) is 19.3 Å². The fraction of sp³-hybridized carbons (Fsp3) is 0.636. The van der Waals surface area contributed by atoms with Crippen molar-refractivity contribution in [3.05, 3.63) is 29.6 Å². The van der Waals surface area contributed by atoms with Crippen LogP contribution in [-0.4, -0.2) is 67.1 Å². The van der Waals surface area contributed by atoms with Crippen LogP contribution in [0, 0.1) is 5.82 Å². The number of imide groups is 1. The molecule has 3 rings (SSSR count). The first-order chi connectivity index (χ1) is 14.5. The summed E-state index contributed by atoms with van der Waals surface area (Å²) in [6, 6.07) is 3.94. The summed E-state index contributed by atoms with van der Waals surface area (Å²) in [6.45, 7) is 5.34. The van der Waals surface area contributed by atoms with Crippen molar-refractivity contribution < 1.29 is 18.7 Å². The van der Waals surface area contributed by atoms with Gasteiger partial charge in [-0.15, -0.1) is 0 Å². The highest BCUT2D eigenvalue weighted by atomic mass is 19.1. The number of benzene rings is 1. The minimum Gasteiger partial charge on any atom is -0.496 e. The van der Waals surface area contributed by atoms with Gasteiger partial charge in [-0.3, -0.25) is 19.9 Å². The predicted molar refractivity (Wildman–Crippen MR) is 113 cm³/mol. The highest BCUT2D eigenvalue weighted by Crippen LogP contribution is 2.22. The summed E-state index contributed by atoms with van der Waals surface area (Å²) in [5.41, 5.74) is 0.816. The monoisotopic (exact) mass is 420 g/mol. The van der Waals surface area contributed by atoms with Crippen LogP contribution in [-0.2, 0) is 11.3 Å². The molecule has 166 valence electrons. The van der Waals surface area contributed by atoms with Crippen molar-refractivity contribution in [2.45, 2.75) is 57.7 Å². The molecule has 1 saturated heterocycles. The number of urea groups is 1. The summed E-state index contributed by atoms with van der Waals surface area (Å²) in [7, 11) is 1.58. The zero-order chi connectivity index (χ0) is 21.5. The van der Waals surface area contributed by atoms with E-state index in [0.29, 0.717) is 25.4 Å². The van der Waals surface area contributed by atoms with Crippen LogP contribution in [0.25, 0.3) is 0 Å². The summed E-state index contributed by atoms with van der Waals surface area (Å²) in [5.74, 6) is 0.125. The molecule has 0 aromatic heterocycles. The van der Waals surface area contributed by atoms with Crippen LogP contribution in [0.5, 0.6) is 5.75 Å². The standard InChI is InChI=1S/C22H33FN4O3/c1-16(21(28)25-22(29)24-19-6-4-3-5-7-19)27-12-10-26(11-13-27)15-17-14-18(23)8-9-20(17)30-2/h8-9,14,16,19H,3-7,10-13,15H2,1-2H3,(H2,24,25,28,29)/t16-/m0/s1. The Hall–Kier alpha value is -2.19. The zero-order valence-corrected chi connectivity index (χ0v) is 18.0. The third-order valence-corrected chi connectivity index (χ3v) is 6.15. The Bertz CT molecular complexity index is 731. The molecule has 1 aromatic rings. The van der Waals surface area contributed by atoms with Gasteiger partial charge in [0.1, 0.15) is 11.6 Å². The van der Waals surface area contributed by atoms with Crippen molar-refractivity contribution in [1.29, 1.82) is 0 Å². The lowest BCUT2D eigenvalue weighted by atomic mass is 9.96. The lowest BCUT2D eigenvalue weighted by Gasteiger charge is -2.37. The van der Waals surface area contributed by atoms with E-state index in [1.165, 1.54) is 18.6 Å². The van der Waals surface area contributed by atoms with Gasteiger partial charge in [-0.05, 0) is 38.0 Å². The number of carbonyl (C=O) groups excluding carboxylic acids is 2. The molecule has 2 fully saturated rings. The first-order valence-electron chi connectivity index (χ1n) is 10.9. The van der Waals surface area contributed by atoms with E-state index in [1.807, 2.05) is 6.92 Å². The zero-order valence-electron chi connectivity index (χ0n) is 18.0. The molecular formula is C22H33FN4O3. The number of carbonyl (C=O) groups is 2. The van der Waals surface area contributed by atoms with E-state index >= 15 is 0 Å². The van der Waals surface area contributed by atoms with E-state index in [-0.39, 0.29) is 23.8 Å². The summed E-state index contributed by atoms with van der Waals surface area (Å²) in [4.78, 5) is 28.9. The summed E-state index contributed by atoms with van der Waals surface area (Å²) < 4.78 is 18.9. The van der Waals surface area contributed by atoms with E-state index in [1.54, 1.807) is 13.2 Å². The van der Waals surface area contributed by atoms with Crippen molar-refractivity contribution in [3.63, 3.8) is 0 Å². The van der Waals surface area contributed by atoms with Crippen LogP contribution in [0.3, 0.4) is 0 Å². The van der Waals surface area contributed by atoms with Gasteiger partial charge in [0.05, 0.1) is 13.2 Å². The molecule has 1 saturated carbocycles. The molecule has 30 heavy (non-hydrogen) atoms. The Morgan fingerprint density at radius 1 is 1.17 bits per heavy atom. The van der Waals surface area contributed by atoms with E-state index in [2.05, 4.69) is 20.4 Å². The molecule has 1 atom stereocenters. The first-order valence-corrected chi connectivity index (χ1v) is 10.9. The molecular weight excluding hydrogens is 387 g/mol. The second-order valence-electron chi connectivity index (χ2n) is 8.24. The summed E-state index contributed by atoms with van der Waals surface area (Å²) >= 11 is 0. The number of methoxy groups -OCH3 is 1. The second kappa shape index (κ2) is 10.7. The molecule has 1 aliphatic carbocycles. The van der Waals surface area contributed by atoms with E-state index in [4.69, 9.17) is 4.74 Å². The number of amides is 3. The highest BCUT2D eigenvalue weighted by molar-refractivity contribution is 5.96. The molecule has 0 unspecified atom stereocenters. The van der Waals surface area contributed by atoms with Gasteiger partial charge in [0.25, 0.3) is 0 Å². The minimum absolute atomic E-state index is 0.171. The van der Waals surface area contributed by atoms with E-state index in [9.17, 15) is 14.0 Å². The van der Waals surface area contributed by atoms with E-state index in [0.717, 1.165) is 44.3 Å². The molecule has 8 heteroatoms. The van der Waals surface area contributed by atoms with Gasteiger partial charge in [-0.2, -0.15) is 0 Å². The van der Waals surface area contributed by atoms with Crippen LogP contribution < -0.4 is 15.4 Å². The van der Waals surface area contributed by atoms with Gasteiger partial charge in [-0.25, -0.2) is 9.18 Å². The molecule has 0 spiro atoms. The molecule has 1 aromatic carbocycles. The van der Waals surface area contributed by atoms with Crippen LogP contribution in [0.1, 0.15) is 44.6 Å². The third-order valence-electron chi connectivity index (χ3n) is 6.15. The molecule has 2 N–H and O–H groups in total. The minimum atomic E-state index is -0.393. The predicted octanol–water partition coefficient (Wildman–Crippen LogP) is 2.50. The largest absolute Gasteiger partial charge is 0.496 e. The number of hydrogen-bond acceptors (Lipinski definition) is 5. The number of halogens is 1. The van der Waals surface area contributed by atoms with Gasteiger partial charge < -0.3 is 10.1 Å². The summed E-state index contributed by atoms with van der Waals surface area (Å²) in [5, 5.41) is 5.41. The van der Waals surface area contributed by atoms with Gasteiger partial charge in [0, 0.05) is 44.3 Å². The SMILES string of the molecule is COc1ccc(F)cc1CN1CCN([C@@H](C)C(=O)NC(=O)NC2CCCCC2)CC1. The number of rotatable bonds is 6. The van der Waals surface area contributed by atoms with E-state index < -0.39 is 6.03 Å². The van der Waals surface area contributed by atoms with Crippen molar-refractivity contribution in [2.75, 3.05) is 33.3 Å². The van der Waals surface area contributed by atoms with Gasteiger partial charge in [0.2, 0.25) is 5.91 Å². The normalized spacial score (nSPS) is 19.8. The summed E-state index contributed by atoms with van der Waals surface area (Å²) in [6.07, 6.45) is 5.43. The molecule has 0 radical (unpaired) electrons. The Kier molecular flexibility index (Phi) is 8.04. The first kappa shape index (κ1) is 22.5. The lowest BCUT2D eigenvalue weighted by Crippen LogP contribution is -2.55. The molecule has 1 heterocycles. The fourth-order valence-electron chi connectivity index (χ4n) is 4.27. The quantitative estimate of drug-likeness (QED) is 0.740. The number of piperazine rings is 1. The van der Waals surface area contributed by atoms with Crippen LogP contribution in [0.4, 0.5) is 9.18 Å². The van der Waals surface area contributed by atoms with Crippen molar-refractivity contribution in [1.82, 2.24) is 20.4 Å². The van der Waals surface area contributed by atoms with Crippen LogP contribution >= 0.6 is 0 Å². The molecule has 3 amide bonds. The molecule has 1 aliphatic heterocycles. The Morgan fingerprint density at radius 2 is 1.87 bits per heavy atom.